The van der Waals surface area contributed by atoms with Crippen LogP contribution < -0.4 is 0 Å². The lowest BCUT2D eigenvalue weighted by molar-refractivity contribution is 0.691. The molecule has 1 rings (SSSR count). The normalized spacial score (nSPS) is 18.8. The van der Waals surface area contributed by atoms with E-state index in [-0.39, 0.29) is 0 Å². The zero-order chi connectivity index (χ0) is 5.98. The maximum Gasteiger partial charge on any atom is 0.104 e. The Hall–Kier alpha value is -0.0200. The molecule has 0 amide bonds. The van der Waals surface area contributed by atoms with Crippen LogP contribution in [0.5, 0.6) is 0 Å². The molecule has 1 aliphatic heterocycles. The number of hydrogen-bond donors (Lipinski definition) is 0. The molecule has 0 spiro atoms. The van der Waals surface area contributed by atoms with Gasteiger partial charge in [-0.25, -0.2) is 0 Å². The SMILES string of the molecule is ClN1C=CN=C(Br)C1. The van der Waals surface area contributed by atoms with Crippen LogP contribution in [0.1, 0.15) is 0 Å². The van der Waals surface area contributed by atoms with Gasteiger partial charge >= 0.3 is 0 Å². The molecule has 0 bridgehead atoms. The monoisotopic (exact) mass is 194 g/mol. The summed E-state index contributed by atoms with van der Waals surface area (Å²) in [7, 11) is 0. The van der Waals surface area contributed by atoms with Crippen LogP contribution in [0.2, 0.25) is 0 Å². The van der Waals surface area contributed by atoms with Crippen LogP contribution in [0.25, 0.3) is 0 Å². The summed E-state index contributed by atoms with van der Waals surface area (Å²) in [6.45, 7) is 0.651. The third-order valence-corrected chi connectivity index (χ3v) is 1.41. The van der Waals surface area contributed by atoms with Crippen LogP contribution in [0.4, 0.5) is 0 Å². The van der Waals surface area contributed by atoms with Gasteiger partial charge in [0.1, 0.15) is 4.62 Å². The van der Waals surface area contributed by atoms with E-state index in [1.165, 1.54) is 4.42 Å². The number of halogens is 2. The van der Waals surface area contributed by atoms with Crippen LogP contribution in [-0.4, -0.2) is 15.6 Å². The summed E-state index contributed by atoms with van der Waals surface area (Å²) in [5.41, 5.74) is 0. The largest absolute Gasteiger partial charge is 0.284 e. The van der Waals surface area contributed by atoms with E-state index in [1.807, 2.05) is 0 Å². The van der Waals surface area contributed by atoms with Crippen molar-refractivity contribution in [3.8, 4) is 0 Å². The first-order valence-corrected chi connectivity index (χ1v) is 3.23. The predicted molar refractivity (Wildman–Crippen MR) is 38.1 cm³/mol. The standard InChI is InChI=1S/C4H4BrClN2/c5-4-3-8(6)2-1-7-4/h1-2H,3H2. The van der Waals surface area contributed by atoms with E-state index in [0.29, 0.717) is 6.54 Å². The minimum Gasteiger partial charge on any atom is -0.284 e. The summed E-state index contributed by atoms with van der Waals surface area (Å²) in [5, 5.41) is 0. The molecule has 0 N–H and O–H groups in total. The van der Waals surface area contributed by atoms with Gasteiger partial charge in [0.05, 0.1) is 6.54 Å². The Kier molecular flexibility index (Phi) is 1.91. The molecule has 4 heteroatoms. The quantitative estimate of drug-likeness (QED) is 0.538. The maximum absolute atomic E-state index is 5.55. The molecule has 0 saturated carbocycles. The molecule has 0 aromatic rings. The third kappa shape index (κ3) is 1.49. The fourth-order valence-corrected chi connectivity index (χ4v) is 1.10. The van der Waals surface area contributed by atoms with Gasteiger partial charge in [0.15, 0.2) is 0 Å². The highest BCUT2D eigenvalue weighted by atomic mass is 79.9. The van der Waals surface area contributed by atoms with Gasteiger partial charge in [-0.05, 0) is 15.9 Å². The van der Waals surface area contributed by atoms with E-state index in [1.54, 1.807) is 12.4 Å². The highest BCUT2D eigenvalue weighted by molar-refractivity contribution is 9.18. The van der Waals surface area contributed by atoms with Crippen LogP contribution in [-0.2, 0) is 0 Å². The fraction of sp³-hybridized carbons (Fsp3) is 0.250. The van der Waals surface area contributed by atoms with E-state index >= 15 is 0 Å². The van der Waals surface area contributed by atoms with Crippen molar-refractivity contribution < 1.29 is 0 Å². The van der Waals surface area contributed by atoms with Gasteiger partial charge in [0, 0.05) is 24.2 Å². The molecule has 1 aliphatic rings. The number of rotatable bonds is 0. The summed E-state index contributed by atoms with van der Waals surface area (Å²) in [6.07, 6.45) is 3.34. The molecule has 1 heterocycles. The lowest BCUT2D eigenvalue weighted by Gasteiger charge is -2.10. The van der Waals surface area contributed by atoms with E-state index < -0.39 is 0 Å². The van der Waals surface area contributed by atoms with Crippen molar-refractivity contribution >= 4 is 32.3 Å². The molecule has 0 aliphatic carbocycles. The van der Waals surface area contributed by atoms with E-state index in [9.17, 15) is 0 Å². The Morgan fingerprint density at radius 3 is 3.00 bits per heavy atom. The molecular formula is C4H4BrClN2. The first kappa shape index (κ1) is 6.11. The highest BCUT2D eigenvalue weighted by Gasteiger charge is 2.00. The van der Waals surface area contributed by atoms with Crippen molar-refractivity contribution in [1.82, 2.24) is 4.42 Å². The first-order chi connectivity index (χ1) is 3.79. The molecule has 0 radical (unpaired) electrons. The second kappa shape index (κ2) is 2.51. The summed E-state index contributed by atoms with van der Waals surface area (Å²) < 4.78 is 2.38. The third-order valence-electron chi connectivity index (χ3n) is 0.725. The van der Waals surface area contributed by atoms with Crippen molar-refractivity contribution in [2.75, 3.05) is 6.54 Å². The fourth-order valence-electron chi connectivity index (χ4n) is 0.405. The smallest absolute Gasteiger partial charge is 0.104 e. The molecule has 8 heavy (non-hydrogen) atoms. The zero-order valence-corrected chi connectivity index (χ0v) is 6.35. The summed E-state index contributed by atoms with van der Waals surface area (Å²) >= 11 is 8.75. The Bertz CT molecular complexity index is 143. The summed E-state index contributed by atoms with van der Waals surface area (Å²) in [6, 6.07) is 0. The van der Waals surface area contributed by atoms with Crippen molar-refractivity contribution in [3.63, 3.8) is 0 Å². The van der Waals surface area contributed by atoms with Crippen molar-refractivity contribution in [3.05, 3.63) is 12.4 Å². The molecule has 0 aromatic carbocycles. The number of aliphatic imine (C=N–C) groups is 1. The average molecular weight is 195 g/mol. The second-order valence-electron chi connectivity index (χ2n) is 1.36. The van der Waals surface area contributed by atoms with Crippen LogP contribution in [0.3, 0.4) is 0 Å². The molecule has 0 unspecified atom stereocenters. The lowest BCUT2D eigenvalue weighted by Crippen LogP contribution is -2.13. The van der Waals surface area contributed by atoms with E-state index in [2.05, 4.69) is 20.9 Å². The van der Waals surface area contributed by atoms with Crippen molar-refractivity contribution in [2.24, 2.45) is 4.99 Å². The number of hydrogen-bond acceptors (Lipinski definition) is 2. The Labute approximate surface area is 61.1 Å². The molecule has 0 fully saturated rings. The zero-order valence-electron chi connectivity index (χ0n) is 4.01. The van der Waals surface area contributed by atoms with Crippen molar-refractivity contribution in [2.45, 2.75) is 0 Å². The first-order valence-electron chi connectivity index (χ1n) is 2.10. The van der Waals surface area contributed by atoms with Gasteiger partial charge < -0.3 is 0 Å². The van der Waals surface area contributed by atoms with Crippen LogP contribution in [0, 0.1) is 0 Å². The van der Waals surface area contributed by atoms with Gasteiger partial charge in [-0.1, -0.05) is 0 Å². The molecular weight excluding hydrogens is 191 g/mol. The van der Waals surface area contributed by atoms with Crippen LogP contribution in [0.15, 0.2) is 17.4 Å². The van der Waals surface area contributed by atoms with Gasteiger partial charge in [-0.15, -0.1) is 0 Å². The summed E-state index contributed by atoms with van der Waals surface area (Å²) in [4.78, 5) is 3.91. The molecule has 0 aromatic heterocycles. The summed E-state index contributed by atoms with van der Waals surface area (Å²) in [5.74, 6) is 0. The van der Waals surface area contributed by atoms with Crippen molar-refractivity contribution in [1.29, 1.82) is 0 Å². The Morgan fingerprint density at radius 1 is 1.88 bits per heavy atom. The van der Waals surface area contributed by atoms with Gasteiger partial charge in [0.25, 0.3) is 0 Å². The predicted octanol–water partition coefficient (Wildman–Crippen LogP) is 1.72. The highest BCUT2D eigenvalue weighted by Crippen LogP contribution is 2.05. The molecule has 2 nitrogen and oxygen atoms in total. The Balaban J connectivity index is 2.59. The minimum atomic E-state index is 0.651. The topological polar surface area (TPSA) is 15.6 Å². The molecule has 44 valence electrons. The Morgan fingerprint density at radius 2 is 2.62 bits per heavy atom. The average Bonchev–Trinajstić information content (AvgIpc) is 1.64. The van der Waals surface area contributed by atoms with Gasteiger partial charge in [-0.3, -0.25) is 9.41 Å². The lowest BCUT2D eigenvalue weighted by atomic mass is 10.6. The van der Waals surface area contributed by atoms with Gasteiger partial charge in [0.2, 0.25) is 0 Å². The second-order valence-corrected chi connectivity index (χ2v) is 2.71. The minimum absolute atomic E-state index is 0.651. The van der Waals surface area contributed by atoms with Crippen LogP contribution >= 0.6 is 27.7 Å². The maximum atomic E-state index is 5.55. The molecule has 0 atom stereocenters. The van der Waals surface area contributed by atoms with Gasteiger partial charge in [-0.2, -0.15) is 0 Å². The van der Waals surface area contributed by atoms with E-state index in [4.69, 9.17) is 11.8 Å². The molecule has 0 saturated heterocycles. The van der Waals surface area contributed by atoms with E-state index in [0.717, 1.165) is 4.62 Å². The number of nitrogens with zero attached hydrogens (tertiary/aromatic N) is 2.